The van der Waals surface area contributed by atoms with Gasteiger partial charge in [0.05, 0.1) is 45.0 Å². The zero-order valence-corrected chi connectivity index (χ0v) is 45.4. The average Bonchev–Trinajstić information content (AvgIpc) is 4.05. The van der Waals surface area contributed by atoms with Gasteiger partial charge < -0.3 is 42.8 Å². The first kappa shape index (κ1) is 54.6. The molecule has 6 heterocycles. The molecule has 2 aliphatic heterocycles. The first-order valence-electron chi connectivity index (χ1n) is 22.6. The summed E-state index contributed by atoms with van der Waals surface area (Å²) in [6.45, 7) is 14.6. The van der Waals surface area contributed by atoms with Crippen LogP contribution in [0.25, 0.3) is 22.2 Å². The summed E-state index contributed by atoms with van der Waals surface area (Å²) in [5.41, 5.74) is -0.0108. The molecule has 2 saturated heterocycles. The number of aliphatic hydroxyl groups excluding tert-OH is 1. The van der Waals surface area contributed by atoms with Crippen LogP contribution < -0.4 is 10.9 Å². The molecule has 1 aromatic carbocycles. The summed E-state index contributed by atoms with van der Waals surface area (Å²) in [6.07, 6.45) is -5.02. The van der Waals surface area contributed by atoms with Gasteiger partial charge in [0.2, 0.25) is 0 Å². The van der Waals surface area contributed by atoms with Crippen molar-refractivity contribution in [3.63, 3.8) is 0 Å². The van der Waals surface area contributed by atoms with Crippen LogP contribution in [0.1, 0.15) is 70.8 Å². The Hall–Kier alpha value is -4.14. The van der Waals surface area contributed by atoms with Crippen molar-refractivity contribution in [2.24, 2.45) is 0 Å². The number of carbonyl (C=O) groups is 1. The Morgan fingerprint density at radius 3 is 2.23 bits per heavy atom. The molecule has 7 rings (SSSR count). The van der Waals surface area contributed by atoms with Crippen LogP contribution in [0.4, 0.5) is 10.2 Å². The molecule has 0 radical (unpaired) electrons. The van der Waals surface area contributed by atoms with Crippen LogP contribution in [-0.2, 0) is 52.8 Å². The first-order chi connectivity index (χ1) is 33.3. The molecule has 4 aromatic heterocycles. The number of aromatic amines is 1. The number of aliphatic hydroxyl groups is 1. The molecule has 0 bridgehead atoms. The Kier molecular flexibility index (Phi) is 16.4. The molecule has 5 aromatic rings. The van der Waals surface area contributed by atoms with Gasteiger partial charge in [0, 0.05) is 16.3 Å². The summed E-state index contributed by atoms with van der Waals surface area (Å²) in [4.78, 5) is 56.1. The molecule has 2 aliphatic rings. The van der Waals surface area contributed by atoms with Crippen LogP contribution in [-0.4, -0.2) is 123 Å². The Morgan fingerprint density at radius 1 is 0.944 bits per heavy atom. The topological polar surface area (TPSA) is 279 Å². The standard InChI is InChI=1S/C43H58FN9O13P2SSi2/c1-42(2,3)70(7,8)65-32-28(62-40(33(32)63-67(57)58)52-19-26(44)29-36(52)47-23-49-39(29)56)21-60-68(69,59-18-14-17-45)64-31-27(20-54)61-41(34(31)66-71(9,10)43(4,5)6)53-24-50-30-35(46-22-48-37(30)53)51-38(55)25-15-12-11-13-16-25/h11-13,15-16,19,22-24,27-28,31-34,40-41,54H,14,18,20-21H2,1-10H3,(H2-,46,47,48,49,51,55,56,57,58)/p+1/t27-,28+,31-,32-,33-,34-,40-,41+,68?/m1/s1. The number of hydrogen-bond donors (Lipinski definition) is 4. The number of hydrogen-bond acceptors (Lipinski definition) is 18. The van der Waals surface area contributed by atoms with E-state index < -0.39 is 116 Å². The molecule has 384 valence electrons. The van der Waals surface area contributed by atoms with Gasteiger partial charge in [-0.05, 0) is 60.2 Å². The maximum Gasteiger partial charge on any atom is 0.695 e. The maximum absolute atomic E-state index is 15.5. The predicted octanol–water partition coefficient (Wildman–Crippen LogP) is 7.12. The van der Waals surface area contributed by atoms with Gasteiger partial charge >= 0.3 is 15.0 Å². The number of carbonyl (C=O) groups excluding carboxylic acids is 1. The highest BCUT2D eigenvalue weighted by Gasteiger charge is 2.57. The van der Waals surface area contributed by atoms with Crippen molar-refractivity contribution >= 4 is 77.3 Å². The van der Waals surface area contributed by atoms with Crippen molar-refractivity contribution in [2.75, 3.05) is 25.1 Å². The second kappa shape index (κ2) is 21.4. The Morgan fingerprint density at radius 2 is 1.59 bits per heavy atom. The molecule has 0 saturated carbocycles. The molecule has 28 heteroatoms. The SMILES string of the molecule is CC(C)(C)[Si](C)(C)O[C@@H]1[C@H](OP(=S)(OCCC#N)OC[C@@H]2O[C@@H](n3cc(F)c4c(=O)[nH]cnc43)[C@H](O[P+](=O)O)[C@@H]2O[Si](C)(C)C(C)(C)C)[C@@H](CO)O[C@@H]1n1cnc2c(NC(=O)c3ccccc3)ncnc21. The summed E-state index contributed by atoms with van der Waals surface area (Å²) in [7, 11) is -8.92. The van der Waals surface area contributed by atoms with Crippen molar-refractivity contribution in [1.82, 2.24) is 34.1 Å². The zero-order valence-electron chi connectivity index (χ0n) is 40.8. The molecule has 0 aliphatic carbocycles. The van der Waals surface area contributed by atoms with Crippen molar-refractivity contribution in [2.45, 2.75) is 133 Å². The summed E-state index contributed by atoms with van der Waals surface area (Å²) in [6, 6.07) is 10.6. The number of amides is 1. The lowest BCUT2D eigenvalue weighted by atomic mass is 10.1. The number of nitrogens with zero attached hydrogens (tertiary/aromatic N) is 7. The molecule has 2 unspecified atom stereocenters. The highest BCUT2D eigenvalue weighted by atomic mass is 32.5. The fourth-order valence-electron chi connectivity index (χ4n) is 7.55. The van der Waals surface area contributed by atoms with E-state index in [1.54, 1.807) is 34.9 Å². The summed E-state index contributed by atoms with van der Waals surface area (Å²) < 4.78 is 83.0. The van der Waals surface area contributed by atoms with E-state index in [2.05, 4.69) is 30.2 Å². The largest absolute Gasteiger partial charge is 0.695 e. The minimum Gasteiger partial charge on any atom is -0.408 e. The lowest BCUT2D eigenvalue weighted by molar-refractivity contribution is -0.0546. The Labute approximate surface area is 417 Å². The number of nitrogens with one attached hydrogen (secondary N) is 2. The summed E-state index contributed by atoms with van der Waals surface area (Å²) in [5, 5.41) is 22.2. The number of fused-ring (bicyclic) bond motifs is 2. The van der Waals surface area contributed by atoms with E-state index in [1.807, 2.05) is 73.8 Å². The van der Waals surface area contributed by atoms with E-state index in [0.717, 1.165) is 12.5 Å². The number of H-pyrrole nitrogens is 1. The normalized spacial score (nSPS) is 24.3. The predicted molar refractivity (Wildman–Crippen MR) is 265 cm³/mol. The van der Waals surface area contributed by atoms with Crippen LogP contribution in [0.15, 0.2) is 60.3 Å². The molecular formula is C43H59FN9O13P2SSi2+. The van der Waals surface area contributed by atoms with Crippen molar-refractivity contribution in [1.29, 1.82) is 5.26 Å². The fourth-order valence-corrected chi connectivity index (χ4v) is 12.7. The molecule has 2 fully saturated rings. The summed E-state index contributed by atoms with van der Waals surface area (Å²) >= 11 is 6.14. The van der Waals surface area contributed by atoms with Crippen LogP contribution in [0.2, 0.25) is 36.3 Å². The third-order valence-corrected chi connectivity index (χ3v) is 25.0. The van der Waals surface area contributed by atoms with Crippen LogP contribution >= 0.6 is 15.0 Å². The van der Waals surface area contributed by atoms with E-state index in [0.29, 0.717) is 5.56 Å². The lowest BCUT2D eigenvalue weighted by Crippen LogP contribution is -2.50. The highest BCUT2D eigenvalue weighted by Crippen LogP contribution is 2.56. The third kappa shape index (κ3) is 11.6. The van der Waals surface area contributed by atoms with E-state index >= 15 is 4.39 Å². The number of aromatic nitrogens is 7. The van der Waals surface area contributed by atoms with Crippen molar-refractivity contribution in [3.8, 4) is 6.07 Å². The summed E-state index contributed by atoms with van der Waals surface area (Å²) in [5.74, 6) is -1.22. The fraction of sp³-hybridized carbons (Fsp3) is 0.558. The third-order valence-electron chi connectivity index (χ3n) is 13.3. The number of ether oxygens (including phenoxy) is 2. The quantitative estimate of drug-likeness (QED) is 0.0364. The van der Waals surface area contributed by atoms with E-state index in [1.165, 1.54) is 17.2 Å². The lowest BCUT2D eigenvalue weighted by Gasteiger charge is -2.41. The maximum atomic E-state index is 15.5. The van der Waals surface area contributed by atoms with E-state index in [9.17, 15) is 29.4 Å². The number of anilines is 1. The van der Waals surface area contributed by atoms with Gasteiger partial charge in [-0.1, -0.05) is 59.7 Å². The monoisotopic (exact) mass is 1080 g/mol. The average molecular weight is 1080 g/mol. The number of imidazole rings is 1. The molecule has 4 N–H and O–H groups in total. The van der Waals surface area contributed by atoms with Crippen molar-refractivity contribution in [3.05, 3.63) is 77.2 Å². The van der Waals surface area contributed by atoms with Gasteiger partial charge in [0.1, 0.15) is 42.2 Å². The minimum atomic E-state index is -4.11. The van der Waals surface area contributed by atoms with Crippen molar-refractivity contribution < 1.29 is 60.2 Å². The Bertz CT molecular complexity index is 2900. The van der Waals surface area contributed by atoms with Gasteiger partial charge in [0.15, 0.2) is 63.6 Å². The molecule has 1 amide bonds. The van der Waals surface area contributed by atoms with Gasteiger partial charge in [0.25, 0.3) is 11.5 Å². The molecule has 0 spiro atoms. The number of nitriles is 1. The molecule has 22 nitrogen and oxygen atoms in total. The van der Waals surface area contributed by atoms with E-state index in [4.69, 9.17) is 48.2 Å². The zero-order chi connectivity index (χ0) is 51.8. The molecule has 71 heavy (non-hydrogen) atoms. The first-order valence-corrected chi connectivity index (χ1v) is 32.1. The van der Waals surface area contributed by atoms with Crippen LogP contribution in [0.5, 0.6) is 0 Å². The highest BCUT2D eigenvalue weighted by molar-refractivity contribution is 8.07. The number of benzene rings is 1. The molecular weight excluding hydrogens is 1020 g/mol. The second-order valence-corrected chi connectivity index (χ2v) is 33.2. The van der Waals surface area contributed by atoms with Gasteiger partial charge in [-0.15, -0.1) is 9.42 Å². The van der Waals surface area contributed by atoms with Gasteiger partial charge in [-0.3, -0.25) is 23.2 Å². The molecule has 10 atom stereocenters. The minimum absolute atomic E-state index is 0.122. The second-order valence-electron chi connectivity index (χ2n) is 20.0. The van der Waals surface area contributed by atoms with Crippen LogP contribution in [0.3, 0.4) is 0 Å². The van der Waals surface area contributed by atoms with E-state index in [-0.39, 0.29) is 46.1 Å². The smallest absolute Gasteiger partial charge is 0.408 e. The number of halogens is 1. The van der Waals surface area contributed by atoms with Gasteiger partial charge in [-0.25, -0.2) is 24.3 Å². The Balaban J connectivity index is 1.26. The number of rotatable bonds is 19. The van der Waals surface area contributed by atoms with Crippen LogP contribution in [0, 0.1) is 17.1 Å². The van der Waals surface area contributed by atoms with Gasteiger partial charge in [-0.2, -0.15) is 5.26 Å².